The van der Waals surface area contributed by atoms with Crippen molar-refractivity contribution >= 4 is 17.7 Å². The summed E-state index contributed by atoms with van der Waals surface area (Å²) in [5.74, 6) is 3.05. The van der Waals surface area contributed by atoms with Crippen LogP contribution in [0.2, 0.25) is 0 Å². The Kier molecular flexibility index (Phi) is 5.86. The highest BCUT2D eigenvalue weighted by Gasteiger charge is 2.28. The Morgan fingerprint density at radius 1 is 1.12 bits per heavy atom. The van der Waals surface area contributed by atoms with Gasteiger partial charge in [0.05, 0.1) is 0 Å². The largest absolute Gasteiger partial charge is 0.389 e. The number of anilines is 1. The Hall–Kier alpha value is -1.02. The highest BCUT2D eigenvalue weighted by Crippen LogP contribution is 2.24. The van der Waals surface area contributed by atoms with Gasteiger partial charge in [-0.25, -0.2) is 9.97 Å². The predicted octanol–water partition coefficient (Wildman–Crippen LogP) is 2.99. The molecule has 2 aliphatic heterocycles. The maximum absolute atomic E-state index is 12.4. The van der Waals surface area contributed by atoms with Crippen LogP contribution < -0.4 is 4.90 Å². The summed E-state index contributed by atoms with van der Waals surface area (Å²) >= 11 is 2.03. The zero-order chi connectivity index (χ0) is 17.0. The van der Waals surface area contributed by atoms with Gasteiger partial charge in [0.1, 0.15) is 0 Å². The second-order valence-electron chi connectivity index (χ2n) is 6.33. The van der Waals surface area contributed by atoms with Gasteiger partial charge in [0.2, 0.25) is 5.95 Å². The van der Waals surface area contributed by atoms with Crippen molar-refractivity contribution in [1.82, 2.24) is 14.9 Å². The molecule has 0 aromatic carbocycles. The molecule has 0 bridgehead atoms. The number of alkyl halides is 3. The van der Waals surface area contributed by atoms with Gasteiger partial charge in [-0.15, -0.1) is 0 Å². The highest BCUT2D eigenvalue weighted by molar-refractivity contribution is 7.99. The summed E-state index contributed by atoms with van der Waals surface area (Å²) in [6, 6.07) is 2.26. The molecule has 1 aromatic rings. The topological polar surface area (TPSA) is 32.3 Å². The molecule has 0 radical (unpaired) electrons. The lowest BCUT2D eigenvalue weighted by molar-refractivity contribution is -0.134. The molecule has 0 spiro atoms. The molecule has 1 aromatic heterocycles. The minimum absolute atomic E-state index is 0.0846. The van der Waals surface area contributed by atoms with E-state index < -0.39 is 12.6 Å². The minimum Gasteiger partial charge on any atom is -0.338 e. The highest BCUT2D eigenvalue weighted by atomic mass is 32.2. The van der Waals surface area contributed by atoms with Gasteiger partial charge in [0.25, 0.3) is 0 Å². The van der Waals surface area contributed by atoms with Crippen molar-refractivity contribution in [2.24, 2.45) is 0 Å². The second-order valence-corrected chi connectivity index (χ2v) is 7.55. The van der Waals surface area contributed by atoms with Gasteiger partial charge >= 0.3 is 6.18 Å². The van der Waals surface area contributed by atoms with Crippen LogP contribution in [-0.4, -0.2) is 64.8 Å². The Labute approximate surface area is 144 Å². The van der Waals surface area contributed by atoms with Crippen LogP contribution in [0.4, 0.5) is 19.1 Å². The zero-order valence-corrected chi connectivity index (χ0v) is 14.5. The molecule has 24 heavy (non-hydrogen) atoms. The van der Waals surface area contributed by atoms with E-state index >= 15 is 0 Å². The first-order valence-corrected chi connectivity index (χ1v) is 9.62. The van der Waals surface area contributed by atoms with Crippen LogP contribution in [0, 0.1) is 0 Å². The number of aryl methyl sites for hydroxylation is 1. The van der Waals surface area contributed by atoms with Crippen LogP contribution in [0.25, 0.3) is 0 Å². The third-order valence-electron chi connectivity index (χ3n) is 4.67. The summed E-state index contributed by atoms with van der Waals surface area (Å²) in [6.45, 7) is 3.63. The predicted molar refractivity (Wildman–Crippen MR) is 90.5 cm³/mol. The smallest absolute Gasteiger partial charge is 0.338 e. The van der Waals surface area contributed by atoms with E-state index in [4.69, 9.17) is 0 Å². The average molecular weight is 360 g/mol. The fraction of sp³-hybridized carbons (Fsp3) is 0.750. The van der Waals surface area contributed by atoms with E-state index in [-0.39, 0.29) is 6.42 Å². The van der Waals surface area contributed by atoms with E-state index in [0.29, 0.717) is 17.7 Å². The van der Waals surface area contributed by atoms with Crippen molar-refractivity contribution in [2.45, 2.75) is 37.9 Å². The molecule has 0 amide bonds. The molecule has 2 fully saturated rings. The summed E-state index contributed by atoms with van der Waals surface area (Å²) in [5, 5.41) is 0. The molecule has 0 atom stereocenters. The van der Waals surface area contributed by atoms with E-state index in [1.165, 1.54) is 24.3 Å². The van der Waals surface area contributed by atoms with Gasteiger partial charge in [0.15, 0.2) is 0 Å². The van der Waals surface area contributed by atoms with Crippen molar-refractivity contribution in [3.8, 4) is 0 Å². The van der Waals surface area contributed by atoms with Crippen LogP contribution in [-0.2, 0) is 6.42 Å². The summed E-state index contributed by atoms with van der Waals surface area (Å²) in [7, 11) is 0. The summed E-state index contributed by atoms with van der Waals surface area (Å²) in [5.41, 5.74) is 0.462. The number of hydrogen-bond acceptors (Lipinski definition) is 5. The quantitative estimate of drug-likeness (QED) is 0.824. The van der Waals surface area contributed by atoms with Gasteiger partial charge in [0, 0.05) is 50.5 Å². The lowest BCUT2D eigenvalue weighted by atomic mass is 10.1. The van der Waals surface area contributed by atoms with E-state index in [1.807, 2.05) is 11.8 Å². The molecule has 2 aliphatic rings. The number of hydrogen-bond donors (Lipinski definition) is 0. The molecular weight excluding hydrogens is 337 g/mol. The molecule has 3 heterocycles. The summed E-state index contributed by atoms with van der Waals surface area (Å²) in [6.07, 6.45) is -0.981. The van der Waals surface area contributed by atoms with Crippen LogP contribution in [0.3, 0.4) is 0 Å². The summed E-state index contributed by atoms with van der Waals surface area (Å²) in [4.78, 5) is 13.2. The second kappa shape index (κ2) is 7.91. The van der Waals surface area contributed by atoms with Gasteiger partial charge in [-0.1, -0.05) is 0 Å². The average Bonchev–Trinajstić information content (AvgIpc) is 2.61. The molecule has 0 aliphatic carbocycles. The molecule has 134 valence electrons. The van der Waals surface area contributed by atoms with E-state index in [2.05, 4.69) is 19.8 Å². The number of rotatable bonds is 4. The first kappa shape index (κ1) is 17.8. The Bertz CT molecular complexity index is 526. The normalized spacial score (nSPS) is 21.2. The number of nitrogens with zero attached hydrogens (tertiary/aromatic N) is 4. The summed E-state index contributed by atoms with van der Waals surface area (Å²) < 4.78 is 37.1. The number of halogens is 3. The van der Waals surface area contributed by atoms with Gasteiger partial charge in [-0.2, -0.15) is 24.9 Å². The van der Waals surface area contributed by atoms with Crippen LogP contribution in [0.1, 0.15) is 25.0 Å². The Morgan fingerprint density at radius 3 is 2.50 bits per heavy atom. The molecule has 2 saturated heterocycles. The maximum atomic E-state index is 12.4. The number of piperazine rings is 1. The molecule has 3 rings (SSSR count). The fourth-order valence-corrected chi connectivity index (χ4v) is 4.36. The minimum atomic E-state index is -4.14. The SMILES string of the molecule is FC(F)(F)CCc1ccnc(N2CCN(C3CCSCC3)CC2)n1. The first-order valence-electron chi connectivity index (χ1n) is 8.47. The van der Waals surface area contributed by atoms with Crippen molar-refractivity contribution in [3.05, 3.63) is 18.0 Å². The van der Waals surface area contributed by atoms with Crippen LogP contribution >= 0.6 is 11.8 Å². The van der Waals surface area contributed by atoms with Gasteiger partial charge < -0.3 is 4.90 Å². The van der Waals surface area contributed by atoms with Crippen molar-refractivity contribution < 1.29 is 13.2 Å². The Morgan fingerprint density at radius 2 is 1.83 bits per heavy atom. The monoisotopic (exact) mass is 360 g/mol. The molecular formula is C16H23F3N4S. The number of aromatic nitrogens is 2. The van der Waals surface area contributed by atoms with Crippen molar-refractivity contribution in [2.75, 3.05) is 42.6 Å². The van der Waals surface area contributed by atoms with Gasteiger partial charge in [-0.05, 0) is 36.8 Å². The van der Waals surface area contributed by atoms with Crippen LogP contribution in [0.15, 0.2) is 12.3 Å². The van der Waals surface area contributed by atoms with Gasteiger partial charge in [-0.3, -0.25) is 4.90 Å². The van der Waals surface area contributed by atoms with Crippen molar-refractivity contribution in [3.63, 3.8) is 0 Å². The molecule has 0 saturated carbocycles. The lowest BCUT2D eigenvalue weighted by Crippen LogP contribution is -2.51. The number of thioether (sulfide) groups is 1. The fourth-order valence-electron chi connectivity index (χ4n) is 3.28. The molecule has 0 unspecified atom stereocenters. The van der Waals surface area contributed by atoms with Crippen LogP contribution in [0.5, 0.6) is 0 Å². The zero-order valence-electron chi connectivity index (χ0n) is 13.6. The van der Waals surface area contributed by atoms with E-state index in [1.54, 1.807) is 12.3 Å². The molecule has 8 heteroatoms. The molecule has 0 N–H and O–H groups in total. The maximum Gasteiger partial charge on any atom is 0.389 e. The Balaban J connectivity index is 1.54. The standard InChI is InChI=1S/C16H23F3N4S/c17-16(18,19)5-1-13-2-6-20-15(21-13)23-9-7-22(8-10-23)14-3-11-24-12-4-14/h2,6,14H,1,3-5,7-12H2. The third-order valence-corrected chi connectivity index (χ3v) is 5.72. The van der Waals surface area contributed by atoms with Crippen molar-refractivity contribution in [1.29, 1.82) is 0 Å². The van der Waals surface area contributed by atoms with E-state index in [0.717, 1.165) is 26.2 Å². The lowest BCUT2D eigenvalue weighted by Gasteiger charge is -2.40. The first-order chi connectivity index (χ1) is 11.5. The third kappa shape index (κ3) is 4.99. The molecule has 4 nitrogen and oxygen atoms in total. The van der Waals surface area contributed by atoms with E-state index in [9.17, 15) is 13.2 Å².